The molecule has 6 heteroatoms. The summed E-state index contributed by atoms with van der Waals surface area (Å²) in [5, 5.41) is 6.32. The normalized spacial score (nSPS) is 11.4. The van der Waals surface area contributed by atoms with Gasteiger partial charge in [0.2, 0.25) is 0 Å². The minimum Gasteiger partial charge on any atom is -0.383 e. The van der Waals surface area contributed by atoms with Crippen molar-refractivity contribution >= 4 is 27.8 Å². The molecule has 0 amide bonds. The highest BCUT2D eigenvalue weighted by molar-refractivity contribution is 6.01. The standard InChI is InChI=1S/C14H12N6/c1-20-6-9-4-8(2-3-11(9)19-20)10-5-16-14-12(10)13(15)17-7-18-14/h2-7H,1H3,(H3,15,16,17,18). The Kier molecular flexibility index (Phi) is 2.09. The van der Waals surface area contributed by atoms with Crippen molar-refractivity contribution in [2.45, 2.75) is 0 Å². The van der Waals surface area contributed by atoms with Gasteiger partial charge in [-0.05, 0) is 17.7 Å². The van der Waals surface area contributed by atoms with Gasteiger partial charge in [0, 0.05) is 30.4 Å². The number of aryl methyl sites for hydroxylation is 1. The summed E-state index contributed by atoms with van der Waals surface area (Å²) in [5.74, 6) is 0.484. The number of aromatic nitrogens is 5. The SMILES string of the molecule is Cn1cc2cc(-c3c[nH]c4ncnc(N)c34)ccc2n1. The van der Waals surface area contributed by atoms with Crippen LogP contribution in [0.3, 0.4) is 0 Å². The van der Waals surface area contributed by atoms with Gasteiger partial charge in [-0.1, -0.05) is 6.07 Å². The predicted molar refractivity (Wildman–Crippen MR) is 78.0 cm³/mol. The van der Waals surface area contributed by atoms with Crippen LogP contribution in [0.5, 0.6) is 0 Å². The molecule has 0 radical (unpaired) electrons. The maximum Gasteiger partial charge on any atom is 0.143 e. The molecule has 3 aromatic heterocycles. The van der Waals surface area contributed by atoms with Gasteiger partial charge in [-0.2, -0.15) is 5.10 Å². The van der Waals surface area contributed by atoms with Crippen molar-refractivity contribution in [2.75, 3.05) is 5.73 Å². The summed E-state index contributed by atoms with van der Waals surface area (Å²) in [4.78, 5) is 11.4. The molecule has 0 aliphatic carbocycles. The first-order valence-corrected chi connectivity index (χ1v) is 6.24. The highest BCUT2D eigenvalue weighted by atomic mass is 15.2. The van der Waals surface area contributed by atoms with Gasteiger partial charge in [-0.25, -0.2) is 9.97 Å². The second-order valence-electron chi connectivity index (χ2n) is 4.76. The third-order valence-electron chi connectivity index (χ3n) is 3.43. The number of rotatable bonds is 1. The first kappa shape index (κ1) is 11.0. The minimum atomic E-state index is 0.484. The van der Waals surface area contributed by atoms with Crippen LogP contribution in [-0.2, 0) is 7.05 Å². The summed E-state index contributed by atoms with van der Waals surface area (Å²) in [6.07, 6.45) is 5.36. The number of nitrogens with zero attached hydrogens (tertiary/aromatic N) is 4. The molecular formula is C14H12N6. The van der Waals surface area contributed by atoms with E-state index >= 15 is 0 Å². The topological polar surface area (TPSA) is 85.4 Å². The lowest BCUT2D eigenvalue weighted by Gasteiger charge is -2.01. The van der Waals surface area contributed by atoms with Crippen molar-refractivity contribution in [2.24, 2.45) is 7.05 Å². The quantitative estimate of drug-likeness (QED) is 0.551. The van der Waals surface area contributed by atoms with E-state index in [0.717, 1.165) is 33.1 Å². The zero-order chi connectivity index (χ0) is 13.7. The number of hydrogen-bond donors (Lipinski definition) is 2. The Morgan fingerprint density at radius 1 is 1.25 bits per heavy atom. The summed E-state index contributed by atoms with van der Waals surface area (Å²) in [6, 6.07) is 6.13. The number of fused-ring (bicyclic) bond motifs is 2. The van der Waals surface area contributed by atoms with Crippen LogP contribution in [0.2, 0.25) is 0 Å². The van der Waals surface area contributed by atoms with Gasteiger partial charge in [0.1, 0.15) is 17.8 Å². The van der Waals surface area contributed by atoms with Gasteiger partial charge in [-0.3, -0.25) is 4.68 Å². The lowest BCUT2D eigenvalue weighted by atomic mass is 10.0. The van der Waals surface area contributed by atoms with E-state index < -0.39 is 0 Å². The monoisotopic (exact) mass is 264 g/mol. The van der Waals surface area contributed by atoms with Crippen LogP contribution < -0.4 is 5.73 Å². The van der Waals surface area contributed by atoms with Crippen molar-refractivity contribution in [1.29, 1.82) is 0 Å². The molecule has 0 aliphatic heterocycles. The molecule has 4 aromatic rings. The molecule has 0 bridgehead atoms. The fourth-order valence-corrected chi connectivity index (χ4v) is 2.53. The summed E-state index contributed by atoms with van der Waals surface area (Å²) in [5.41, 5.74) is 9.76. The van der Waals surface area contributed by atoms with Crippen molar-refractivity contribution in [3.63, 3.8) is 0 Å². The zero-order valence-electron chi connectivity index (χ0n) is 10.8. The van der Waals surface area contributed by atoms with Gasteiger partial charge >= 0.3 is 0 Å². The number of aromatic amines is 1. The molecule has 0 saturated carbocycles. The fourth-order valence-electron chi connectivity index (χ4n) is 2.53. The van der Waals surface area contributed by atoms with Crippen LogP contribution in [0.1, 0.15) is 0 Å². The first-order chi connectivity index (χ1) is 9.72. The maximum absolute atomic E-state index is 5.97. The second kappa shape index (κ2) is 3.80. The van der Waals surface area contributed by atoms with Crippen LogP contribution in [0, 0.1) is 0 Å². The van der Waals surface area contributed by atoms with Crippen molar-refractivity contribution in [3.05, 3.63) is 36.9 Å². The second-order valence-corrected chi connectivity index (χ2v) is 4.76. The Morgan fingerprint density at radius 3 is 3.05 bits per heavy atom. The molecular weight excluding hydrogens is 252 g/mol. The van der Waals surface area contributed by atoms with Crippen molar-refractivity contribution < 1.29 is 0 Å². The summed E-state index contributed by atoms with van der Waals surface area (Å²) >= 11 is 0. The molecule has 0 aliphatic rings. The Morgan fingerprint density at radius 2 is 2.15 bits per heavy atom. The number of hydrogen-bond acceptors (Lipinski definition) is 4. The predicted octanol–water partition coefficient (Wildman–Crippen LogP) is 2.09. The van der Waals surface area contributed by atoms with E-state index in [2.05, 4.69) is 26.1 Å². The molecule has 0 saturated heterocycles. The number of nitrogens with two attached hydrogens (primary N) is 1. The molecule has 20 heavy (non-hydrogen) atoms. The van der Waals surface area contributed by atoms with Crippen molar-refractivity contribution in [1.82, 2.24) is 24.7 Å². The van der Waals surface area contributed by atoms with Crippen molar-refractivity contribution in [3.8, 4) is 11.1 Å². The van der Waals surface area contributed by atoms with E-state index in [0.29, 0.717) is 5.82 Å². The summed E-state index contributed by atoms with van der Waals surface area (Å²) < 4.78 is 1.81. The third-order valence-corrected chi connectivity index (χ3v) is 3.43. The molecule has 6 nitrogen and oxygen atoms in total. The average molecular weight is 264 g/mol. The number of anilines is 1. The fraction of sp³-hybridized carbons (Fsp3) is 0.0714. The van der Waals surface area contributed by atoms with Crippen LogP contribution in [0.4, 0.5) is 5.82 Å². The largest absolute Gasteiger partial charge is 0.383 e. The van der Waals surface area contributed by atoms with Gasteiger partial charge in [0.15, 0.2) is 0 Å². The van der Waals surface area contributed by atoms with Gasteiger partial charge < -0.3 is 10.7 Å². The number of nitrogen functional groups attached to an aromatic ring is 1. The Labute approximate surface area is 114 Å². The van der Waals surface area contributed by atoms with Crippen LogP contribution in [0.15, 0.2) is 36.9 Å². The molecule has 3 heterocycles. The number of benzene rings is 1. The Balaban J connectivity index is 2.00. The van der Waals surface area contributed by atoms with Crippen LogP contribution in [-0.4, -0.2) is 24.7 Å². The average Bonchev–Trinajstić information content (AvgIpc) is 3.00. The lowest BCUT2D eigenvalue weighted by Crippen LogP contribution is -1.92. The van der Waals surface area contributed by atoms with Gasteiger partial charge in [0.05, 0.1) is 10.9 Å². The van der Waals surface area contributed by atoms with E-state index in [4.69, 9.17) is 5.73 Å². The Bertz CT molecular complexity index is 933. The molecule has 98 valence electrons. The van der Waals surface area contributed by atoms with Crippen LogP contribution in [0.25, 0.3) is 33.1 Å². The van der Waals surface area contributed by atoms with E-state index in [9.17, 15) is 0 Å². The van der Waals surface area contributed by atoms with E-state index in [1.165, 1.54) is 6.33 Å². The smallest absolute Gasteiger partial charge is 0.143 e. The molecule has 0 atom stereocenters. The number of H-pyrrole nitrogens is 1. The highest BCUT2D eigenvalue weighted by Gasteiger charge is 2.11. The molecule has 0 unspecified atom stereocenters. The minimum absolute atomic E-state index is 0.484. The highest BCUT2D eigenvalue weighted by Crippen LogP contribution is 2.32. The molecule has 1 aromatic carbocycles. The molecule has 0 fully saturated rings. The lowest BCUT2D eigenvalue weighted by molar-refractivity contribution is 0.780. The first-order valence-electron chi connectivity index (χ1n) is 6.24. The third kappa shape index (κ3) is 1.48. The maximum atomic E-state index is 5.97. The van der Waals surface area contributed by atoms with E-state index in [1.54, 1.807) is 4.68 Å². The summed E-state index contributed by atoms with van der Waals surface area (Å²) in [6.45, 7) is 0. The molecule has 3 N–H and O–H groups in total. The zero-order valence-corrected chi connectivity index (χ0v) is 10.8. The molecule has 0 spiro atoms. The molecule has 4 rings (SSSR count). The van der Waals surface area contributed by atoms with E-state index in [-0.39, 0.29) is 0 Å². The van der Waals surface area contributed by atoms with E-state index in [1.807, 2.05) is 31.6 Å². The Hall–Kier alpha value is -2.89. The van der Waals surface area contributed by atoms with Gasteiger partial charge in [-0.15, -0.1) is 0 Å². The van der Waals surface area contributed by atoms with Gasteiger partial charge in [0.25, 0.3) is 0 Å². The summed E-state index contributed by atoms with van der Waals surface area (Å²) in [7, 11) is 1.91. The van der Waals surface area contributed by atoms with Crippen LogP contribution >= 0.6 is 0 Å². The number of nitrogens with one attached hydrogen (secondary N) is 1.